The van der Waals surface area contributed by atoms with Gasteiger partial charge in [-0.25, -0.2) is 14.1 Å². The molecule has 5 amide bonds. The average molecular weight is 554 g/mol. The number of halogens is 2. The van der Waals surface area contributed by atoms with Gasteiger partial charge in [0, 0.05) is 5.69 Å². The fourth-order valence-corrected chi connectivity index (χ4v) is 3.77. The minimum Gasteiger partial charge on any atom is -0.508 e. The monoisotopic (exact) mass is 553 g/mol. The molecule has 3 aromatic rings. The first-order valence-corrected chi connectivity index (χ1v) is 11.2. The Morgan fingerprint density at radius 1 is 1.06 bits per heavy atom. The van der Waals surface area contributed by atoms with Crippen LogP contribution in [0.25, 0.3) is 6.08 Å². The van der Waals surface area contributed by atoms with Crippen LogP contribution < -0.4 is 20.3 Å². The van der Waals surface area contributed by atoms with E-state index in [0.29, 0.717) is 21.5 Å². The van der Waals surface area contributed by atoms with E-state index in [1.807, 2.05) is 0 Å². The number of hydrogen-bond acceptors (Lipinski definition) is 6. The Labute approximate surface area is 212 Å². The highest BCUT2D eigenvalue weighted by Gasteiger charge is 2.36. The summed E-state index contributed by atoms with van der Waals surface area (Å²) in [5.74, 6) is -2.28. The molecular weight excluding hydrogens is 537 g/mol. The summed E-state index contributed by atoms with van der Waals surface area (Å²) in [6.07, 6.45) is 1.31. The molecule has 0 saturated carbocycles. The van der Waals surface area contributed by atoms with E-state index in [9.17, 15) is 28.7 Å². The van der Waals surface area contributed by atoms with Gasteiger partial charge in [0.1, 0.15) is 22.9 Å². The van der Waals surface area contributed by atoms with Gasteiger partial charge in [0.15, 0.2) is 6.61 Å². The largest absolute Gasteiger partial charge is 0.508 e. The van der Waals surface area contributed by atoms with E-state index in [0.717, 1.165) is 4.90 Å². The van der Waals surface area contributed by atoms with Gasteiger partial charge in [0.25, 0.3) is 17.7 Å². The maximum Gasteiger partial charge on any atom is 0.335 e. The van der Waals surface area contributed by atoms with Crippen LogP contribution in [0.3, 0.4) is 0 Å². The molecule has 11 heteroatoms. The van der Waals surface area contributed by atoms with Gasteiger partial charge in [-0.05, 0) is 88.2 Å². The molecule has 0 spiro atoms. The van der Waals surface area contributed by atoms with E-state index in [2.05, 4.69) is 26.6 Å². The van der Waals surface area contributed by atoms with E-state index >= 15 is 0 Å². The maximum atomic E-state index is 13.0. The van der Waals surface area contributed by atoms with Crippen molar-refractivity contribution >= 4 is 57.1 Å². The number of anilines is 2. The molecule has 1 aliphatic heterocycles. The predicted octanol–water partition coefficient (Wildman–Crippen LogP) is 3.98. The number of urea groups is 1. The molecule has 4 rings (SSSR count). The number of imide groups is 2. The highest BCUT2D eigenvalue weighted by atomic mass is 79.9. The molecule has 3 aromatic carbocycles. The number of amides is 5. The highest BCUT2D eigenvalue weighted by Crippen LogP contribution is 2.28. The van der Waals surface area contributed by atoms with Crippen LogP contribution in [-0.4, -0.2) is 35.5 Å². The molecule has 0 aromatic heterocycles. The van der Waals surface area contributed by atoms with Gasteiger partial charge in [-0.3, -0.25) is 19.7 Å². The van der Waals surface area contributed by atoms with E-state index in [1.54, 1.807) is 12.1 Å². The average Bonchev–Trinajstić information content (AvgIpc) is 2.84. The molecule has 1 heterocycles. The van der Waals surface area contributed by atoms with Gasteiger partial charge >= 0.3 is 6.03 Å². The van der Waals surface area contributed by atoms with Crippen LogP contribution in [-0.2, 0) is 14.4 Å². The molecule has 9 nitrogen and oxygen atoms in total. The summed E-state index contributed by atoms with van der Waals surface area (Å²) in [5, 5.41) is 14.1. The Kier molecular flexibility index (Phi) is 7.11. The SMILES string of the molecule is O=C(COc1ccc(/C=C2/C(=O)NC(=O)N(c3ccc(O)cc3)C2=O)cc1Br)Nc1ccc(F)cc1. The fourth-order valence-electron chi connectivity index (χ4n) is 3.26. The first-order valence-electron chi connectivity index (χ1n) is 10.4. The van der Waals surface area contributed by atoms with Crippen molar-refractivity contribution in [1.82, 2.24) is 5.32 Å². The maximum absolute atomic E-state index is 13.0. The van der Waals surface area contributed by atoms with Crippen LogP contribution in [0, 0.1) is 5.82 Å². The third kappa shape index (κ3) is 5.58. The topological polar surface area (TPSA) is 125 Å². The van der Waals surface area contributed by atoms with E-state index < -0.39 is 29.6 Å². The lowest BCUT2D eigenvalue weighted by Crippen LogP contribution is -2.54. The molecule has 0 unspecified atom stereocenters. The zero-order valence-corrected chi connectivity index (χ0v) is 19.9. The normalized spacial score (nSPS) is 14.6. The van der Waals surface area contributed by atoms with Gasteiger partial charge in [0.05, 0.1) is 10.2 Å². The smallest absolute Gasteiger partial charge is 0.335 e. The van der Waals surface area contributed by atoms with Crippen molar-refractivity contribution < 1.29 is 33.4 Å². The summed E-state index contributed by atoms with van der Waals surface area (Å²) in [6, 6.07) is 14.4. The van der Waals surface area contributed by atoms with Crippen LogP contribution in [0.15, 0.2) is 76.8 Å². The molecule has 36 heavy (non-hydrogen) atoms. The highest BCUT2D eigenvalue weighted by molar-refractivity contribution is 9.10. The summed E-state index contributed by atoms with van der Waals surface area (Å²) in [7, 11) is 0. The molecule has 182 valence electrons. The van der Waals surface area contributed by atoms with Gasteiger partial charge in [-0.2, -0.15) is 0 Å². The summed E-state index contributed by atoms with van der Waals surface area (Å²) < 4.78 is 18.9. The quantitative estimate of drug-likeness (QED) is 0.313. The second-order valence-corrected chi connectivity index (χ2v) is 8.36. The van der Waals surface area contributed by atoms with Crippen LogP contribution in [0.1, 0.15) is 5.56 Å². The van der Waals surface area contributed by atoms with Crippen molar-refractivity contribution in [2.75, 3.05) is 16.8 Å². The van der Waals surface area contributed by atoms with Crippen LogP contribution in [0.2, 0.25) is 0 Å². The second-order valence-electron chi connectivity index (χ2n) is 7.51. The lowest BCUT2D eigenvalue weighted by molar-refractivity contribution is -0.122. The third-order valence-corrected chi connectivity index (χ3v) is 5.58. The Bertz CT molecular complexity index is 1390. The summed E-state index contributed by atoms with van der Waals surface area (Å²) >= 11 is 3.33. The third-order valence-electron chi connectivity index (χ3n) is 4.96. The first-order chi connectivity index (χ1) is 17.2. The van der Waals surface area contributed by atoms with Crippen molar-refractivity contribution in [1.29, 1.82) is 0 Å². The molecule has 1 fully saturated rings. The van der Waals surface area contributed by atoms with Crippen LogP contribution in [0.4, 0.5) is 20.6 Å². The van der Waals surface area contributed by atoms with E-state index in [4.69, 9.17) is 4.74 Å². The molecule has 0 radical (unpaired) electrons. The lowest BCUT2D eigenvalue weighted by Gasteiger charge is -2.26. The molecule has 0 aliphatic carbocycles. The van der Waals surface area contributed by atoms with Crippen molar-refractivity contribution in [2.24, 2.45) is 0 Å². The molecule has 0 bridgehead atoms. The number of barbiturate groups is 1. The number of phenolic OH excluding ortho intramolecular Hbond substituents is 1. The molecule has 0 atom stereocenters. The summed E-state index contributed by atoms with van der Waals surface area (Å²) in [5.41, 5.74) is 0.768. The number of rotatable bonds is 6. The standard InChI is InChI=1S/C25H17BrFN3O6/c26-20-12-14(1-10-21(20)36-13-22(32)28-16-4-2-15(27)3-5-16)11-19-23(33)29-25(35)30(24(19)34)17-6-8-18(31)9-7-17/h1-12,31H,13H2,(H,28,32)(H,29,33,35)/b19-11-. The summed E-state index contributed by atoms with van der Waals surface area (Å²) in [6.45, 7) is -0.318. The number of benzene rings is 3. The van der Waals surface area contributed by atoms with E-state index in [1.165, 1.54) is 60.7 Å². The van der Waals surface area contributed by atoms with Crippen LogP contribution >= 0.6 is 15.9 Å². The minimum absolute atomic E-state index is 0.0458. The number of carbonyl (C=O) groups excluding carboxylic acids is 4. The predicted molar refractivity (Wildman–Crippen MR) is 132 cm³/mol. The summed E-state index contributed by atoms with van der Waals surface area (Å²) in [4.78, 5) is 50.5. The Morgan fingerprint density at radius 2 is 1.75 bits per heavy atom. The number of nitrogens with one attached hydrogen (secondary N) is 2. The molecule has 3 N–H and O–H groups in total. The zero-order valence-electron chi connectivity index (χ0n) is 18.3. The van der Waals surface area contributed by atoms with E-state index in [-0.39, 0.29) is 23.6 Å². The number of ether oxygens (including phenoxy) is 1. The van der Waals surface area contributed by atoms with Crippen molar-refractivity contribution in [3.8, 4) is 11.5 Å². The van der Waals surface area contributed by atoms with Gasteiger partial charge in [-0.1, -0.05) is 6.07 Å². The Hall–Kier alpha value is -4.51. The zero-order chi connectivity index (χ0) is 25.8. The number of nitrogens with zero attached hydrogens (tertiary/aromatic N) is 1. The first kappa shape index (κ1) is 24.6. The second kappa shape index (κ2) is 10.4. The van der Waals surface area contributed by atoms with Crippen molar-refractivity contribution in [2.45, 2.75) is 0 Å². The van der Waals surface area contributed by atoms with Crippen molar-refractivity contribution in [3.63, 3.8) is 0 Å². The van der Waals surface area contributed by atoms with Crippen LogP contribution in [0.5, 0.6) is 11.5 Å². The number of hydrogen-bond donors (Lipinski definition) is 3. The number of phenols is 1. The van der Waals surface area contributed by atoms with Gasteiger partial charge in [0.2, 0.25) is 0 Å². The number of aromatic hydroxyl groups is 1. The Balaban J connectivity index is 1.47. The molecule has 1 saturated heterocycles. The van der Waals surface area contributed by atoms with Crippen molar-refractivity contribution in [3.05, 3.63) is 88.2 Å². The molecule has 1 aliphatic rings. The minimum atomic E-state index is -0.906. The lowest BCUT2D eigenvalue weighted by atomic mass is 10.1. The van der Waals surface area contributed by atoms with Gasteiger partial charge < -0.3 is 15.2 Å². The van der Waals surface area contributed by atoms with Gasteiger partial charge in [-0.15, -0.1) is 0 Å². The molecular formula is C25H17BrFN3O6. The fraction of sp³-hybridized carbons (Fsp3) is 0.0400. The number of carbonyl (C=O) groups is 4. The Morgan fingerprint density at radius 3 is 2.42 bits per heavy atom.